The summed E-state index contributed by atoms with van der Waals surface area (Å²) in [6, 6.07) is 5.75. The minimum atomic E-state index is 0.536. The quantitative estimate of drug-likeness (QED) is 0.791. The van der Waals surface area contributed by atoms with Crippen LogP contribution < -0.4 is 0 Å². The lowest BCUT2D eigenvalue weighted by molar-refractivity contribution is 0.546. The maximum Gasteiger partial charge on any atom is 0.152 e. The van der Waals surface area contributed by atoms with Crippen LogP contribution >= 0.6 is 12.6 Å². The number of hydrogen-bond donors (Lipinski definition) is 1. The maximum absolute atomic E-state index is 5.51. The Bertz CT molecular complexity index is 479. The molecule has 0 fully saturated rings. The summed E-state index contributed by atoms with van der Waals surface area (Å²) in [6.07, 6.45) is 0. The normalized spacial score (nSPS) is 10.6. The van der Waals surface area contributed by atoms with Crippen LogP contribution in [0.25, 0.3) is 11.5 Å². The average Bonchev–Trinajstić information content (AvgIpc) is 2.64. The largest absolute Gasteiger partial charge is 0.460 e. The topological polar surface area (TPSA) is 38.9 Å². The first-order valence-electron chi connectivity index (χ1n) is 4.71. The first-order valence-corrected chi connectivity index (χ1v) is 5.34. The van der Waals surface area contributed by atoms with Gasteiger partial charge in [0, 0.05) is 5.69 Å². The Morgan fingerprint density at radius 1 is 1.27 bits per heavy atom. The number of rotatable bonds is 2. The third kappa shape index (κ3) is 2.21. The number of thiol groups is 1. The van der Waals surface area contributed by atoms with Crippen molar-refractivity contribution < 1.29 is 4.42 Å². The molecule has 0 atom stereocenters. The molecule has 0 saturated heterocycles. The lowest BCUT2D eigenvalue weighted by Crippen LogP contribution is -1.95. The molecule has 0 N–H and O–H groups in total. The van der Waals surface area contributed by atoms with Gasteiger partial charge < -0.3 is 4.42 Å². The summed E-state index contributed by atoms with van der Waals surface area (Å²) in [5.74, 6) is 2.92. The van der Waals surface area contributed by atoms with E-state index in [1.165, 1.54) is 0 Å². The molecular formula is C11H12N2OS. The van der Waals surface area contributed by atoms with Crippen molar-refractivity contribution in [3.05, 3.63) is 35.5 Å². The molecule has 2 aromatic rings. The second-order valence-electron chi connectivity index (χ2n) is 3.38. The Morgan fingerprint density at radius 3 is 2.67 bits per heavy atom. The fourth-order valence-electron chi connectivity index (χ4n) is 1.40. The second kappa shape index (κ2) is 4.06. The number of furan rings is 1. The van der Waals surface area contributed by atoms with Gasteiger partial charge in [-0.25, -0.2) is 9.97 Å². The summed E-state index contributed by atoms with van der Waals surface area (Å²) in [5.41, 5.74) is 1.75. The van der Waals surface area contributed by atoms with Crippen LogP contribution in [-0.2, 0) is 5.75 Å². The molecule has 2 aromatic heterocycles. The van der Waals surface area contributed by atoms with E-state index in [0.717, 1.165) is 28.7 Å². The molecule has 2 rings (SSSR count). The van der Waals surface area contributed by atoms with Crippen LogP contribution in [0.4, 0.5) is 0 Å². The molecule has 2 heterocycles. The first kappa shape index (κ1) is 10.2. The lowest BCUT2D eigenvalue weighted by atomic mass is 10.3. The molecule has 0 amide bonds. The summed E-state index contributed by atoms with van der Waals surface area (Å²) in [6.45, 7) is 3.85. The highest BCUT2D eigenvalue weighted by molar-refractivity contribution is 7.79. The van der Waals surface area contributed by atoms with Crippen molar-refractivity contribution in [1.82, 2.24) is 9.97 Å². The summed E-state index contributed by atoms with van der Waals surface area (Å²) in [5, 5.41) is 0. The van der Waals surface area contributed by atoms with Crippen LogP contribution in [0.3, 0.4) is 0 Å². The van der Waals surface area contributed by atoms with Crippen LogP contribution in [0.15, 0.2) is 22.6 Å². The number of aromatic nitrogens is 2. The standard InChI is InChI=1S/C11H12N2OS/c1-7-5-9(13-11(6-15)12-7)10-4-3-8(2)14-10/h3-5,15H,6H2,1-2H3. The molecule has 4 heteroatoms. The molecule has 3 nitrogen and oxygen atoms in total. The van der Waals surface area contributed by atoms with Gasteiger partial charge in [0.05, 0.1) is 5.75 Å². The Labute approximate surface area is 94.0 Å². The summed E-state index contributed by atoms with van der Waals surface area (Å²) in [7, 11) is 0. The molecule has 78 valence electrons. The minimum absolute atomic E-state index is 0.536. The van der Waals surface area contributed by atoms with E-state index in [1.807, 2.05) is 32.0 Å². The van der Waals surface area contributed by atoms with Gasteiger partial charge in [-0.1, -0.05) is 0 Å². The predicted octanol–water partition coefficient (Wildman–Crippen LogP) is 2.78. The SMILES string of the molecule is Cc1cc(-c2ccc(C)o2)nc(CS)n1. The molecule has 0 bridgehead atoms. The van der Waals surface area contributed by atoms with Gasteiger partial charge in [0.25, 0.3) is 0 Å². The van der Waals surface area contributed by atoms with Crippen molar-refractivity contribution in [3.8, 4) is 11.5 Å². The number of aryl methyl sites for hydroxylation is 2. The Balaban J connectivity index is 2.48. The van der Waals surface area contributed by atoms with E-state index in [1.54, 1.807) is 0 Å². The summed E-state index contributed by atoms with van der Waals surface area (Å²) >= 11 is 4.17. The smallest absolute Gasteiger partial charge is 0.152 e. The van der Waals surface area contributed by atoms with Crippen LogP contribution in [0.1, 0.15) is 17.3 Å². The Kier molecular flexibility index (Phi) is 2.77. The van der Waals surface area contributed by atoms with Gasteiger partial charge in [0.15, 0.2) is 5.76 Å². The average molecular weight is 220 g/mol. The van der Waals surface area contributed by atoms with Gasteiger partial charge in [0.2, 0.25) is 0 Å². The third-order valence-corrected chi connectivity index (χ3v) is 2.32. The van der Waals surface area contributed by atoms with Crippen molar-refractivity contribution in [3.63, 3.8) is 0 Å². The molecule has 0 unspecified atom stereocenters. The highest BCUT2D eigenvalue weighted by atomic mass is 32.1. The fourth-order valence-corrected chi connectivity index (χ4v) is 1.54. The van der Waals surface area contributed by atoms with E-state index < -0.39 is 0 Å². The summed E-state index contributed by atoms with van der Waals surface area (Å²) < 4.78 is 5.51. The number of nitrogens with zero attached hydrogens (tertiary/aromatic N) is 2. The van der Waals surface area contributed by atoms with Gasteiger partial charge in [0.1, 0.15) is 17.3 Å². The molecule has 0 aromatic carbocycles. The van der Waals surface area contributed by atoms with Crippen LogP contribution in [0, 0.1) is 13.8 Å². The van der Waals surface area contributed by atoms with Gasteiger partial charge in [-0.2, -0.15) is 12.6 Å². The van der Waals surface area contributed by atoms with E-state index in [4.69, 9.17) is 4.42 Å². The van der Waals surface area contributed by atoms with Crippen molar-refractivity contribution in [2.45, 2.75) is 19.6 Å². The maximum atomic E-state index is 5.51. The van der Waals surface area contributed by atoms with E-state index >= 15 is 0 Å². The molecule has 0 spiro atoms. The van der Waals surface area contributed by atoms with Gasteiger partial charge >= 0.3 is 0 Å². The van der Waals surface area contributed by atoms with Gasteiger partial charge in [-0.05, 0) is 32.0 Å². The molecule has 0 radical (unpaired) electrons. The van der Waals surface area contributed by atoms with E-state index in [0.29, 0.717) is 5.75 Å². The minimum Gasteiger partial charge on any atom is -0.460 e. The summed E-state index contributed by atoms with van der Waals surface area (Å²) in [4.78, 5) is 8.61. The van der Waals surface area contributed by atoms with E-state index in [-0.39, 0.29) is 0 Å². The zero-order valence-electron chi connectivity index (χ0n) is 8.69. The highest BCUT2D eigenvalue weighted by Gasteiger charge is 2.06. The van der Waals surface area contributed by atoms with Crippen LogP contribution in [0.5, 0.6) is 0 Å². The first-order chi connectivity index (χ1) is 7.19. The predicted molar refractivity (Wildman–Crippen MR) is 61.9 cm³/mol. The zero-order valence-corrected chi connectivity index (χ0v) is 9.58. The van der Waals surface area contributed by atoms with Crippen LogP contribution in [0.2, 0.25) is 0 Å². The molecule has 0 aliphatic heterocycles. The van der Waals surface area contributed by atoms with Crippen LogP contribution in [-0.4, -0.2) is 9.97 Å². The van der Waals surface area contributed by atoms with Crippen molar-refractivity contribution in [2.24, 2.45) is 0 Å². The van der Waals surface area contributed by atoms with Crippen molar-refractivity contribution in [1.29, 1.82) is 0 Å². The molecular weight excluding hydrogens is 208 g/mol. The molecule has 0 aliphatic carbocycles. The van der Waals surface area contributed by atoms with Gasteiger partial charge in [-0.3, -0.25) is 0 Å². The molecule has 0 saturated carbocycles. The molecule has 15 heavy (non-hydrogen) atoms. The van der Waals surface area contributed by atoms with Crippen molar-refractivity contribution in [2.75, 3.05) is 0 Å². The monoisotopic (exact) mass is 220 g/mol. The van der Waals surface area contributed by atoms with Crippen molar-refractivity contribution >= 4 is 12.6 Å². The lowest BCUT2D eigenvalue weighted by Gasteiger charge is -2.01. The van der Waals surface area contributed by atoms with E-state index in [2.05, 4.69) is 22.6 Å². The second-order valence-corrected chi connectivity index (χ2v) is 3.70. The molecule has 0 aliphatic rings. The Hall–Kier alpha value is -1.29. The zero-order chi connectivity index (χ0) is 10.8. The fraction of sp³-hybridized carbons (Fsp3) is 0.273. The number of hydrogen-bond acceptors (Lipinski definition) is 4. The third-order valence-electron chi connectivity index (χ3n) is 2.03. The Morgan fingerprint density at radius 2 is 2.07 bits per heavy atom. The highest BCUT2D eigenvalue weighted by Crippen LogP contribution is 2.20. The van der Waals surface area contributed by atoms with Gasteiger partial charge in [-0.15, -0.1) is 0 Å². The van der Waals surface area contributed by atoms with E-state index in [9.17, 15) is 0 Å².